The van der Waals surface area contributed by atoms with Crippen LogP contribution in [0.25, 0.3) is 10.9 Å². The fourth-order valence-corrected chi connectivity index (χ4v) is 1.76. The van der Waals surface area contributed by atoms with Crippen LogP contribution >= 0.6 is 0 Å². The van der Waals surface area contributed by atoms with Crippen molar-refractivity contribution in [2.45, 2.75) is 19.4 Å². The Balaban J connectivity index is 2.20. The summed E-state index contributed by atoms with van der Waals surface area (Å²) in [6.45, 7) is 1.81. The minimum atomic E-state index is -0.744. The van der Waals surface area contributed by atoms with Crippen molar-refractivity contribution >= 4 is 17.0 Å². The number of amides is 1. The smallest absolute Gasteiger partial charge is 0.404 e. The highest BCUT2D eigenvalue weighted by atomic mass is 16.6. The molecule has 0 radical (unpaired) electrons. The molecule has 0 spiro atoms. The average molecular weight is 219 g/mol. The van der Waals surface area contributed by atoms with Crippen LogP contribution in [0.3, 0.4) is 0 Å². The van der Waals surface area contributed by atoms with E-state index >= 15 is 0 Å². The van der Waals surface area contributed by atoms with Crippen LogP contribution in [0.15, 0.2) is 24.4 Å². The Morgan fingerprint density at radius 3 is 3.19 bits per heavy atom. The van der Waals surface area contributed by atoms with Gasteiger partial charge < -0.3 is 10.5 Å². The molecule has 0 aliphatic carbocycles. The van der Waals surface area contributed by atoms with Crippen LogP contribution in [-0.2, 0) is 11.2 Å². The zero-order valence-corrected chi connectivity index (χ0v) is 8.93. The predicted octanol–water partition coefficient (Wildman–Crippen LogP) is 1.59. The lowest BCUT2D eigenvalue weighted by Gasteiger charge is -2.11. The van der Waals surface area contributed by atoms with E-state index in [1.807, 2.05) is 25.1 Å². The van der Waals surface area contributed by atoms with Crippen molar-refractivity contribution in [2.24, 2.45) is 5.73 Å². The van der Waals surface area contributed by atoms with E-state index in [0.29, 0.717) is 6.42 Å². The van der Waals surface area contributed by atoms with E-state index in [9.17, 15) is 4.79 Å². The number of nitrogens with zero attached hydrogens (tertiary/aromatic N) is 1. The molecule has 3 N–H and O–H groups in total. The number of primary amides is 1. The Hall–Kier alpha value is -2.04. The van der Waals surface area contributed by atoms with E-state index in [2.05, 4.69) is 10.2 Å². The molecule has 0 bridgehead atoms. The summed E-state index contributed by atoms with van der Waals surface area (Å²) in [4.78, 5) is 10.6. The molecule has 2 rings (SSSR count). The molecule has 1 atom stereocenters. The van der Waals surface area contributed by atoms with Crippen molar-refractivity contribution in [2.75, 3.05) is 0 Å². The highest BCUT2D eigenvalue weighted by Crippen LogP contribution is 2.18. The lowest BCUT2D eigenvalue weighted by molar-refractivity contribution is 0.116. The molecule has 1 heterocycles. The van der Waals surface area contributed by atoms with E-state index in [1.165, 1.54) is 0 Å². The van der Waals surface area contributed by atoms with Crippen LogP contribution in [0, 0.1) is 0 Å². The average Bonchev–Trinajstić information content (AvgIpc) is 2.65. The normalized spacial score (nSPS) is 12.6. The second-order valence-corrected chi connectivity index (χ2v) is 3.70. The molecule has 0 saturated carbocycles. The van der Waals surface area contributed by atoms with Crippen molar-refractivity contribution < 1.29 is 9.53 Å². The van der Waals surface area contributed by atoms with Gasteiger partial charge in [0.1, 0.15) is 6.10 Å². The number of fused-ring (bicyclic) bond motifs is 1. The van der Waals surface area contributed by atoms with E-state index < -0.39 is 6.09 Å². The second kappa shape index (κ2) is 4.22. The molecule has 0 aliphatic rings. The van der Waals surface area contributed by atoms with Gasteiger partial charge >= 0.3 is 6.09 Å². The van der Waals surface area contributed by atoms with E-state index in [4.69, 9.17) is 10.5 Å². The molecule has 84 valence electrons. The Morgan fingerprint density at radius 2 is 2.44 bits per heavy atom. The number of nitrogens with two attached hydrogens (primary N) is 1. The summed E-state index contributed by atoms with van der Waals surface area (Å²) in [7, 11) is 0. The van der Waals surface area contributed by atoms with Crippen molar-refractivity contribution in [3.63, 3.8) is 0 Å². The van der Waals surface area contributed by atoms with Gasteiger partial charge in [0.2, 0.25) is 0 Å². The Labute approximate surface area is 92.6 Å². The first kappa shape index (κ1) is 10.5. The summed E-state index contributed by atoms with van der Waals surface area (Å²) in [5.74, 6) is 0. The number of carbonyl (C=O) groups excluding carboxylic acids is 1. The maximum absolute atomic E-state index is 10.6. The number of aromatic nitrogens is 2. The van der Waals surface area contributed by atoms with Crippen LogP contribution in [0.5, 0.6) is 0 Å². The molecule has 16 heavy (non-hydrogen) atoms. The largest absolute Gasteiger partial charge is 0.446 e. The van der Waals surface area contributed by atoms with Gasteiger partial charge in [0.15, 0.2) is 0 Å². The van der Waals surface area contributed by atoms with Crippen LogP contribution in [-0.4, -0.2) is 22.4 Å². The first-order chi connectivity index (χ1) is 7.66. The van der Waals surface area contributed by atoms with Crippen molar-refractivity contribution in [3.05, 3.63) is 30.0 Å². The monoisotopic (exact) mass is 219 g/mol. The number of aromatic amines is 1. The zero-order chi connectivity index (χ0) is 11.5. The highest BCUT2D eigenvalue weighted by molar-refractivity contribution is 5.81. The number of hydrogen-bond donors (Lipinski definition) is 2. The lowest BCUT2D eigenvalue weighted by atomic mass is 10.0. The Kier molecular flexibility index (Phi) is 2.76. The fraction of sp³-hybridized carbons (Fsp3) is 0.273. The van der Waals surface area contributed by atoms with Gasteiger partial charge in [-0.05, 0) is 18.6 Å². The number of carbonyl (C=O) groups is 1. The van der Waals surface area contributed by atoms with Gasteiger partial charge in [0, 0.05) is 11.8 Å². The molecule has 1 aromatic carbocycles. The summed E-state index contributed by atoms with van der Waals surface area (Å²) in [6, 6.07) is 5.87. The molecule has 0 saturated heterocycles. The quantitative estimate of drug-likeness (QED) is 0.822. The summed E-state index contributed by atoms with van der Waals surface area (Å²) in [5.41, 5.74) is 7.02. The highest BCUT2D eigenvalue weighted by Gasteiger charge is 2.10. The third kappa shape index (κ3) is 2.13. The van der Waals surface area contributed by atoms with Gasteiger partial charge in [0.25, 0.3) is 0 Å². The molecule has 1 amide bonds. The minimum absolute atomic E-state index is 0.238. The van der Waals surface area contributed by atoms with Gasteiger partial charge in [-0.25, -0.2) is 4.79 Å². The summed E-state index contributed by atoms with van der Waals surface area (Å²) in [5, 5.41) is 7.91. The van der Waals surface area contributed by atoms with Crippen LogP contribution < -0.4 is 5.73 Å². The second-order valence-electron chi connectivity index (χ2n) is 3.70. The number of H-pyrrole nitrogens is 1. The maximum Gasteiger partial charge on any atom is 0.404 e. The van der Waals surface area contributed by atoms with Crippen molar-refractivity contribution in [1.82, 2.24) is 10.2 Å². The molecule has 0 fully saturated rings. The number of ether oxygens (including phenoxy) is 1. The number of rotatable bonds is 3. The molecule has 5 heteroatoms. The molecule has 2 aromatic rings. The maximum atomic E-state index is 10.6. The summed E-state index contributed by atoms with van der Waals surface area (Å²) in [6.07, 6.45) is 1.41. The first-order valence-corrected chi connectivity index (χ1v) is 5.04. The Morgan fingerprint density at radius 1 is 1.62 bits per heavy atom. The van der Waals surface area contributed by atoms with Crippen molar-refractivity contribution in [1.29, 1.82) is 0 Å². The number of hydrogen-bond acceptors (Lipinski definition) is 3. The van der Waals surface area contributed by atoms with Crippen molar-refractivity contribution in [3.8, 4) is 0 Å². The van der Waals surface area contributed by atoms with Gasteiger partial charge in [-0.3, -0.25) is 5.10 Å². The fourth-order valence-electron chi connectivity index (χ4n) is 1.76. The molecule has 0 aliphatic heterocycles. The predicted molar refractivity (Wildman–Crippen MR) is 59.9 cm³/mol. The molecule has 5 nitrogen and oxygen atoms in total. The number of benzene rings is 1. The summed E-state index contributed by atoms with van der Waals surface area (Å²) < 4.78 is 4.89. The first-order valence-electron chi connectivity index (χ1n) is 5.04. The van der Waals surface area contributed by atoms with Crippen LogP contribution in [0.4, 0.5) is 4.79 Å². The standard InChI is InChI=1S/C11H13N3O2/c1-7(16-11(12)15)5-8-3-2-4-10-9(8)6-13-14-10/h2-4,6-7H,5H2,1H3,(H2,12,15)(H,13,14)/t7-/m1/s1. The topological polar surface area (TPSA) is 81.0 Å². The Bertz CT molecular complexity index is 507. The van der Waals surface area contributed by atoms with Gasteiger partial charge in [0.05, 0.1) is 11.7 Å². The lowest BCUT2D eigenvalue weighted by Crippen LogP contribution is -2.21. The van der Waals surface area contributed by atoms with Gasteiger partial charge in [-0.1, -0.05) is 12.1 Å². The van der Waals surface area contributed by atoms with Gasteiger partial charge in [-0.15, -0.1) is 0 Å². The minimum Gasteiger partial charge on any atom is -0.446 e. The zero-order valence-electron chi connectivity index (χ0n) is 8.93. The molecule has 1 aromatic heterocycles. The molecular formula is C11H13N3O2. The van der Waals surface area contributed by atoms with Crippen LogP contribution in [0.1, 0.15) is 12.5 Å². The SMILES string of the molecule is C[C@H](Cc1cccc2[nH]ncc12)OC(N)=O. The summed E-state index contributed by atoms with van der Waals surface area (Å²) >= 11 is 0. The third-order valence-corrected chi connectivity index (χ3v) is 2.40. The third-order valence-electron chi connectivity index (χ3n) is 2.40. The van der Waals surface area contributed by atoms with E-state index in [0.717, 1.165) is 16.5 Å². The van der Waals surface area contributed by atoms with Gasteiger partial charge in [-0.2, -0.15) is 5.10 Å². The molecular weight excluding hydrogens is 206 g/mol. The van der Waals surface area contributed by atoms with Crippen LogP contribution in [0.2, 0.25) is 0 Å². The molecule has 0 unspecified atom stereocenters. The van der Waals surface area contributed by atoms with E-state index in [1.54, 1.807) is 6.20 Å². The van der Waals surface area contributed by atoms with E-state index in [-0.39, 0.29) is 6.10 Å². The number of nitrogens with one attached hydrogen (secondary N) is 1.